The number of nitrogens with one attached hydrogen (secondary N) is 1. The van der Waals surface area contributed by atoms with Crippen LogP contribution in [0.15, 0.2) is 72.8 Å². The van der Waals surface area contributed by atoms with E-state index < -0.39 is 10.0 Å². The minimum absolute atomic E-state index is 0.0784. The molecule has 0 aromatic heterocycles. The third-order valence-electron chi connectivity index (χ3n) is 5.47. The van der Waals surface area contributed by atoms with Crippen LogP contribution in [0.1, 0.15) is 42.3 Å². The van der Waals surface area contributed by atoms with Gasteiger partial charge in [-0.05, 0) is 59.0 Å². The Hall–Kier alpha value is -3.03. The quantitative estimate of drug-likeness (QED) is 0.387. The molecular weight excluding hydrogens is 484 g/mol. The molecule has 0 aliphatic carbocycles. The molecule has 6 nitrogen and oxygen atoms in total. The summed E-state index contributed by atoms with van der Waals surface area (Å²) in [5.41, 5.74) is 2.87. The molecule has 0 atom stereocenters. The molecule has 0 fully saturated rings. The van der Waals surface area contributed by atoms with Crippen LogP contribution in [0.3, 0.4) is 0 Å². The summed E-state index contributed by atoms with van der Waals surface area (Å²) in [6.07, 6.45) is 1.14. The first-order valence-corrected chi connectivity index (χ1v) is 13.5. The van der Waals surface area contributed by atoms with Crippen LogP contribution >= 0.6 is 11.6 Å². The van der Waals surface area contributed by atoms with Gasteiger partial charge in [0.25, 0.3) is 5.91 Å². The van der Waals surface area contributed by atoms with Crippen LogP contribution < -0.4 is 14.4 Å². The van der Waals surface area contributed by atoms with Gasteiger partial charge in [-0.25, -0.2) is 8.42 Å². The molecule has 0 unspecified atom stereocenters. The topological polar surface area (TPSA) is 75.7 Å². The van der Waals surface area contributed by atoms with E-state index in [4.69, 9.17) is 16.3 Å². The predicted octanol–water partition coefficient (Wildman–Crippen LogP) is 5.41. The average molecular weight is 515 g/mol. The van der Waals surface area contributed by atoms with Gasteiger partial charge in [0, 0.05) is 10.6 Å². The molecule has 8 heteroatoms. The normalized spacial score (nSPS) is 11.7. The lowest BCUT2D eigenvalue weighted by Gasteiger charge is -2.23. The second-order valence-electron chi connectivity index (χ2n) is 9.29. The monoisotopic (exact) mass is 514 g/mol. The highest BCUT2D eigenvalue weighted by Gasteiger charge is 2.19. The number of anilines is 1. The van der Waals surface area contributed by atoms with Crippen molar-refractivity contribution in [3.63, 3.8) is 0 Å². The maximum absolute atomic E-state index is 12.5. The van der Waals surface area contributed by atoms with E-state index in [1.54, 1.807) is 48.5 Å². The molecule has 0 bridgehead atoms. The first-order valence-electron chi connectivity index (χ1n) is 11.3. The van der Waals surface area contributed by atoms with Crippen molar-refractivity contribution in [2.75, 3.05) is 23.7 Å². The van der Waals surface area contributed by atoms with Crippen LogP contribution in [0.5, 0.6) is 5.75 Å². The molecule has 3 aromatic carbocycles. The average Bonchev–Trinajstić information content (AvgIpc) is 2.80. The van der Waals surface area contributed by atoms with Crippen molar-refractivity contribution >= 4 is 33.2 Å². The SMILES string of the molecule is CC(C)(C)c1ccc(OCCNC(=O)c2ccc(N(Cc3ccccc3Cl)S(C)(=O)=O)cc2)cc1. The summed E-state index contributed by atoms with van der Waals surface area (Å²) in [5.74, 6) is 0.483. The molecule has 0 heterocycles. The molecule has 0 spiro atoms. The summed E-state index contributed by atoms with van der Waals surface area (Å²) in [6.45, 7) is 7.23. The molecule has 0 radical (unpaired) electrons. The summed E-state index contributed by atoms with van der Waals surface area (Å²) in [4.78, 5) is 12.5. The van der Waals surface area contributed by atoms with Gasteiger partial charge in [0.2, 0.25) is 10.0 Å². The van der Waals surface area contributed by atoms with Gasteiger partial charge in [-0.2, -0.15) is 0 Å². The van der Waals surface area contributed by atoms with Crippen LogP contribution in [0.2, 0.25) is 5.02 Å². The van der Waals surface area contributed by atoms with E-state index in [9.17, 15) is 13.2 Å². The Morgan fingerprint density at radius 1 is 0.971 bits per heavy atom. The molecule has 0 saturated carbocycles. The van der Waals surface area contributed by atoms with Gasteiger partial charge in [-0.15, -0.1) is 0 Å². The summed E-state index contributed by atoms with van der Waals surface area (Å²) in [7, 11) is -3.56. The predicted molar refractivity (Wildman–Crippen MR) is 142 cm³/mol. The zero-order chi connectivity index (χ0) is 25.6. The molecular formula is C27H31ClN2O4S. The zero-order valence-corrected chi connectivity index (χ0v) is 22.0. The molecule has 3 aromatic rings. The molecule has 0 saturated heterocycles. The van der Waals surface area contributed by atoms with Crippen molar-refractivity contribution in [2.24, 2.45) is 0 Å². The van der Waals surface area contributed by atoms with Gasteiger partial charge in [-0.3, -0.25) is 9.10 Å². The van der Waals surface area contributed by atoms with Crippen LogP contribution in [-0.4, -0.2) is 33.7 Å². The Bertz CT molecular complexity index is 1250. The van der Waals surface area contributed by atoms with E-state index in [1.165, 1.54) is 9.87 Å². The van der Waals surface area contributed by atoms with Crippen LogP contribution in [0.25, 0.3) is 0 Å². The number of hydrogen-bond donors (Lipinski definition) is 1. The van der Waals surface area contributed by atoms with Crippen molar-refractivity contribution in [3.8, 4) is 5.75 Å². The van der Waals surface area contributed by atoms with E-state index in [-0.39, 0.29) is 17.9 Å². The van der Waals surface area contributed by atoms with Gasteiger partial charge in [-0.1, -0.05) is 62.7 Å². The minimum Gasteiger partial charge on any atom is -0.492 e. The highest BCUT2D eigenvalue weighted by atomic mass is 35.5. The maximum Gasteiger partial charge on any atom is 0.251 e. The van der Waals surface area contributed by atoms with Gasteiger partial charge in [0.05, 0.1) is 25.0 Å². The summed E-state index contributed by atoms with van der Waals surface area (Å²) in [5, 5.41) is 3.31. The standard InChI is InChI=1S/C27H31ClN2O4S/c1-27(2,3)22-11-15-24(16-12-22)34-18-17-29-26(31)20-9-13-23(14-10-20)30(35(4,32)33)19-21-7-5-6-8-25(21)28/h5-16H,17-19H2,1-4H3,(H,29,31). The van der Waals surface area contributed by atoms with Crippen molar-refractivity contribution in [1.29, 1.82) is 0 Å². The highest BCUT2D eigenvalue weighted by molar-refractivity contribution is 7.92. The van der Waals surface area contributed by atoms with Crippen LogP contribution in [-0.2, 0) is 22.0 Å². The maximum atomic E-state index is 12.5. The molecule has 0 aliphatic rings. The van der Waals surface area contributed by atoms with Gasteiger partial charge < -0.3 is 10.1 Å². The first-order chi connectivity index (χ1) is 16.4. The fourth-order valence-electron chi connectivity index (χ4n) is 3.45. The Morgan fingerprint density at radius 2 is 1.60 bits per heavy atom. The summed E-state index contributed by atoms with van der Waals surface area (Å²) in [6, 6.07) is 21.5. The van der Waals surface area contributed by atoms with Gasteiger partial charge in [0.15, 0.2) is 0 Å². The Kier molecular flexibility index (Phi) is 8.46. The second-order valence-corrected chi connectivity index (χ2v) is 11.6. The number of ether oxygens (including phenoxy) is 1. The summed E-state index contributed by atoms with van der Waals surface area (Å²) < 4.78 is 31.8. The third kappa shape index (κ3) is 7.47. The lowest BCUT2D eigenvalue weighted by Crippen LogP contribution is -2.30. The van der Waals surface area contributed by atoms with E-state index in [0.29, 0.717) is 35.0 Å². The van der Waals surface area contributed by atoms with Crippen LogP contribution in [0.4, 0.5) is 5.69 Å². The van der Waals surface area contributed by atoms with E-state index in [1.807, 2.05) is 24.3 Å². The number of amides is 1. The molecule has 0 aliphatic heterocycles. The molecule has 1 amide bonds. The number of sulfonamides is 1. The number of halogens is 1. The van der Waals surface area contributed by atoms with Gasteiger partial charge >= 0.3 is 0 Å². The van der Waals surface area contributed by atoms with E-state index >= 15 is 0 Å². The minimum atomic E-state index is -3.56. The number of rotatable bonds is 9. The fraction of sp³-hybridized carbons (Fsp3) is 0.296. The van der Waals surface area contributed by atoms with Gasteiger partial charge in [0.1, 0.15) is 12.4 Å². The first kappa shape index (κ1) is 26.6. The molecule has 186 valence electrons. The van der Waals surface area contributed by atoms with Crippen molar-refractivity contribution in [1.82, 2.24) is 5.32 Å². The van der Waals surface area contributed by atoms with Crippen molar-refractivity contribution in [3.05, 3.63) is 94.5 Å². The van der Waals surface area contributed by atoms with E-state index in [0.717, 1.165) is 12.0 Å². The molecule has 1 N–H and O–H groups in total. The zero-order valence-electron chi connectivity index (χ0n) is 20.4. The Morgan fingerprint density at radius 3 is 2.17 bits per heavy atom. The van der Waals surface area contributed by atoms with Crippen LogP contribution in [0, 0.1) is 0 Å². The fourth-order valence-corrected chi connectivity index (χ4v) is 4.52. The van der Waals surface area contributed by atoms with E-state index in [2.05, 4.69) is 26.1 Å². The number of benzene rings is 3. The largest absolute Gasteiger partial charge is 0.492 e. The molecule has 3 rings (SSSR count). The van der Waals surface area contributed by atoms with Crippen molar-refractivity contribution < 1.29 is 17.9 Å². The Labute approximate surface area is 212 Å². The number of hydrogen-bond acceptors (Lipinski definition) is 4. The smallest absolute Gasteiger partial charge is 0.251 e. The lowest BCUT2D eigenvalue weighted by molar-refractivity contribution is 0.0947. The number of nitrogens with zero attached hydrogens (tertiary/aromatic N) is 1. The van der Waals surface area contributed by atoms with Crippen molar-refractivity contribution in [2.45, 2.75) is 32.7 Å². The highest BCUT2D eigenvalue weighted by Crippen LogP contribution is 2.25. The number of carbonyl (C=O) groups is 1. The Balaban J connectivity index is 1.57. The second kappa shape index (κ2) is 11.1. The lowest BCUT2D eigenvalue weighted by atomic mass is 9.87. The molecule has 35 heavy (non-hydrogen) atoms. The number of carbonyl (C=O) groups excluding carboxylic acids is 1. The third-order valence-corrected chi connectivity index (χ3v) is 6.98. The summed E-state index contributed by atoms with van der Waals surface area (Å²) >= 11 is 6.21.